The van der Waals surface area contributed by atoms with E-state index in [-0.39, 0.29) is 30.6 Å². The molecule has 1 heterocycles. The number of nitrogens with zero attached hydrogens (tertiary/aromatic N) is 1. The van der Waals surface area contributed by atoms with E-state index in [4.69, 9.17) is 10.3 Å². The highest BCUT2D eigenvalue weighted by Gasteiger charge is 2.15. The summed E-state index contributed by atoms with van der Waals surface area (Å²) in [6.07, 6.45) is 0.459. The lowest BCUT2D eigenvalue weighted by atomic mass is 10.1. The van der Waals surface area contributed by atoms with Crippen molar-refractivity contribution >= 4 is 11.8 Å². The SMILES string of the molecule is NC(Cc1ccccc1)C(=O)NCCNC(=O)c1cc(-c2ccccc2)on1. The van der Waals surface area contributed by atoms with Crippen LogP contribution in [0, 0.1) is 0 Å². The monoisotopic (exact) mass is 378 g/mol. The molecule has 144 valence electrons. The van der Waals surface area contributed by atoms with E-state index in [1.807, 2.05) is 60.7 Å². The Labute approximate surface area is 162 Å². The maximum atomic E-state index is 12.1. The molecule has 0 fully saturated rings. The lowest BCUT2D eigenvalue weighted by Gasteiger charge is -2.12. The number of amides is 2. The van der Waals surface area contributed by atoms with Crippen molar-refractivity contribution in [1.29, 1.82) is 0 Å². The summed E-state index contributed by atoms with van der Waals surface area (Å²) >= 11 is 0. The second-order valence-corrected chi connectivity index (χ2v) is 6.29. The number of rotatable bonds is 8. The van der Waals surface area contributed by atoms with Crippen LogP contribution in [-0.4, -0.2) is 36.1 Å². The molecule has 4 N–H and O–H groups in total. The van der Waals surface area contributed by atoms with E-state index in [9.17, 15) is 9.59 Å². The largest absolute Gasteiger partial charge is 0.355 e. The molecule has 0 aliphatic rings. The van der Waals surface area contributed by atoms with Crippen LogP contribution < -0.4 is 16.4 Å². The van der Waals surface area contributed by atoms with Gasteiger partial charge in [-0.25, -0.2) is 0 Å². The minimum Gasteiger partial charge on any atom is -0.355 e. The Morgan fingerprint density at radius 3 is 2.32 bits per heavy atom. The highest BCUT2D eigenvalue weighted by Crippen LogP contribution is 2.19. The Kier molecular flexibility index (Phi) is 6.54. The van der Waals surface area contributed by atoms with Gasteiger partial charge < -0.3 is 20.9 Å². The average Bonchev–Trinajstić information content (AvgIpc) is 3.22. The van der Waals surface area contributed by atoms with Crippen LogP contribution >= 0.6 is 0 Å². The van der Waals surface area contributed by atoms with Gasteiger partial charge in [0.25, 0.3) is 5.91 Å². The summed E-state index contributed by atoms with van der Waals surface area (Å²) in [4.78, 5) is 24.2. The molecular formula is C21H22N4O3. The zero-order valence-electron chi connectivity index (χ0n) is 15.3. The molecule has 0 saturated heterocycles. The van der Waals surface area contributed by atoms with Gasteiger partial charge in [-0.05, 0) is 12.0 Å². The van der Waals surface area contributed by atoms with Crippen LogP contribution in [0.5, 0.6) is 0 Å². The fraction of sp³-hybridized carbons (Fsp3) is 0.190. The fourth-order valence-corrected chi connectivity index (χ4v) is 2.66. The summed E-state index contributed by atoms with van der Waals surface area (Å²) in [6, 6.07) is 19.9. The second-order valence-electron chi connectivity index (χ2n) is 6.29. The van der Waals surface area contributed by atoms with E-state index in [0.717, 1.165) is 11.1 Å². The molecule has 0 radical (unpaired) electrons. The third-order valence-electron chi connectivity index (χ3n) is 4.15. The molecule has 0 aliphatic carbocycles. The zero-order valence-corrected chi connectivity index (χ0v) is 15.3. The van der Waals surface area contributed by atoms with E-state index in [2.05, 4.69) is 15.8 Å². The quantitative estimate of drug-likeness (QED) is 0.517. The first-order valence-electron chi connectivity index (χ1n) is 9.01. The Morgan fingerprint density at radius 1 is 0.964 bits per heavy atom. The summed E-state index contributed by atoms with van der Waals surface area (Å²) < 4.78 is 5.21. The van der Waals surface area contributed by atoms with Crippen LogP contribution in [0.25, 0.3) is 11.3 Å². The first kappa shape index (κ1) is 19.3. The van der Waals surface area contributed by atoms with Gasteiger partial charge in [-0.1, -0.05) is 65.8 Å². The molecule has 3 aromatic rings. The Morgan fingerprint density at radius 2 is 1.61 bits per heavy atom. The number of hydrogen-bond donors (Lipinski definition) is 3. The van der Waals surface area contributed by atoms with E-state index >= 15 is 0 Å². The lowest BCUT2D eigenvalue weighted by Crippen LogP contribution is -2.44. The normalized spacial score (nSPS) is 11.6. The number of nitrogens with one attached hydrogen (secondary N) is 2. The van der Waals surface area contributed by atoms with Gasteiger partial charge in [0.2, 0.25) is 5.91 Å². The van der Waals surface area contributed by atoms with Gasteiger partial charge in [0.05, 0.1) is 6.04 Å². The van der Waals surface area contributed by atoms with Gasteiger partial charge in [0.15, 0.2) is 11.5 Å². The van der Waals surface area contributed by atoms with E-state index in [0.29, 0.717) is 12.2 Å². The number of hydrogen-bond acceptors (Lipinski definition) is 5. The average molecular weight is 378 g/mol. The molecule has 0 spiro atoms. The third-order valence-corrected chi connectivity index (χ3v) is 4.15. The standard InChI is InChI=1S/C21H22N4O3/c22-17(13-15-7-3-1-4-8-15)20(26)23-11-12-24-21(27)18-14-19(28-25-18)16-9-5-2-6-10-16/h1-10,14,17H,11-13,22H2,(H,23,26)(H,24,27). The van der Waals surface area contributed by atoms with Gasteiger partial charge in [0, 0.05) is 24.7 Å². The molecule has 1 aromatic heterocycles. The number of carbonyl (C=O) groups is 2. The first-order valence-corrected chi connectivity index (χ1v) is 9.01. The summed E-state index contributed by atoms with van der Waals surface area (Å²) in [5.41, 5.74) is 7.94. The van der Waals surface area contributed by atoms with Crippen LogP contribution in [0.1, 0.15) is 16.1 Å². The van der Waals surface area contributed by atoms with Crippen molar-refractivity contribution in [2.75, 3.05) is 13.1 Å². The van der Waals surface area contributed by atoms with Crippen molar-refractivity contribution in [3.05, 3.63) is 78.0 Å². The fourth-order valence-electron chi connectivity index (χ4n) is 2.66. The molecule has 28 heavy (non-hydrogen) atoms. The smallest absolute Gasteiger partial charge is 0.273 e. The second kappa shape index (κ2) is 9.48. The first-order chi connectivity index (χ1) is 13.6. The van der Waals surface area contributed by atoms with Crippen molar-refractivity contribution in [1.82, 2.24) is 15.8 Å². The Bertz CT molecular complexity index is 910. The maximum absolute atomic E-state index is 12.1. The lowest BCUT2D eigenvalue weighted by molar-refractivity contribution is -0.122. The van der Waals surface area contributed by atoms with Gasteiger partial charge >= 0.3 is 0 Å². The van der Waals surface area contributed by atoms with E-state index in [1.165, 1.54) is 0 Å². The summed E-state index contributed by atoms with van der Waals surface area (Å²) in [6.45, 7) is 0.534. The summed E-state index contributed by atoms with van der Waals surface area (Å²) in [5.74, 6) is -0.106. The number of carbonyl (C=O) groups excluding carboxylic acids is 2. The molecule has 1 atom stereocenters. The molecule has 0 saturated carbocycles. The molecule has 0 bridgehead atoms. The van der Waals surface area contributed by atoms with Crippen LogP contribution in [-0.2, 0) is 11.2 Å². The molecule has 0 aliphatic heterocycles. The maximum Gasteiger partial charge on any atom is 0.273 e. The molecule has 1 unspecified atom stereocenters. The zero-order chi connectivity index (χ0) is 19.8. The van der Waals surface area contributed by atoms with Crippen LogP contribution in [0.15, 0.2) is 71.3 Å². The van der Waals surface area contributed by atoms with Gasteiger partial charge in [-0.3, -0.25) is 9.59 Å². The van der Waals surface area contributed by atoms with Crippen LogP contribution in [0.2, 0.25) is 0 Å². The van der Waals surface area contributed by atoms with E-state index < -0.39 is 6.04 Å². The van der Waals surface area contributed by atoms with E-state index in [1.54, 1.807) is 6.07 Å². The van der Waals surface area contributed by atoms with Gasteiger partial charge in [-0.2, -0.15) is 0 Å². The molecule has 7 heteroatoms. The number of nitrogens with two attached hydrogens (primary N) is 1. The van der Waals surface area contributed by atoms with Crippen molar-refractivity contribution in [3.63, 3.8) is 0 Å². The molecule has 2 aromatic carbocycles. The van der Waals surface area contributed by atoms with Gasteiger partial charge in [0.1, 0.15) is 0 Å². The van der Waals surface area contributed by atoms with Crippen molar-refractivity contribution in [3.8, 4) is 11.3 Å². The van der Waals surface area contributed by atoms with Crippen molar-refractivity contribution < 1.29 is 14.1 Å². The molecule has 7 nitrogen and oxygen atoms in total. The third kappa shape index (κ3) is 5.28. The Balaban J connectivity index is 1.41. The van der Waals surface area contributed by atoms with Gasteiger partial charge in [-0.15, -0.1) is 0 Å². The minimum atomic E-state index is -0.637. The minimum absolute atomic E-state index is 0.186. The predicted octanol–water partition coefficient (Wildman–Crippen LogP) is 1.76. The summed E-state index contributed by atoms with van der Waals surface area (Å²) in [7, 11) is 0. The topological polar surface area (TPSA) is 110 Å². The molecule has 3 rings (SSSR count). The summed E-state index contributed by atoms with van der Waals surface area (Å²) in [5, 5.41) is 9.20. The van der Waals surface area contributed by atoms with Crippen LogP contribution in [0.4, 0.5) is 0 Å². The Hall–Kier alpha value is -3.45. The molecule has 2 amide bonds. The van der Waals surface area contributed by atoms with Crippen molar-refractivity contribution in [2.45, 2.75) is 12.5 Å². The highest BCUT2D eigenvalue weighted by molar-refractivity contribution is 5.93. The predicted molar refractivity (Wildman–Crippen MR) is 105 cm³/mol. The van der Waals surface area contributed by atoms with Crippen LogP contribution in [0.3, 0.4) is 0 Å². The highest BCUT2D eigenvalue weighted by atomic mass is 16.5. The number of benzene rings is 2. The van der Waals surface area contributed by atoms with Crippen molar-refractivity contribution in [2.24, 2.45) is 5.73 Å². The molecular weight excluding hydrogens is 356 g/mol. The number of aromatic nitrogens is 1.